The third-order valence-electron chi connectivity index (χ3n) is 3.03. The number of halogens is 3. The van der Waals surface area contributed by atoms with Crippen molar-refractivity contribution in [3.63, 3.8) is 0 Å². The number of methoxy groups -OCH3 is 1. The second-order valence-electron chi connectivity index (χ2n) is 4.32. The molecule has 2 rings (SSSR count). The summed E-state index contributed by atoms with van der Waals surface area (Å²) in [5.74, 6) is -3.19. The minimum Gasteiger partial charge on any atom is -0.464 e. The summed E-state index contributed by atoms with van der Waals surface area (Å²) in [6.45, 7) is 1.53. The molecule has 0 aromatic carbocycles. The second-order valence-corrected chi connectivity index (χ2v) is 4.32. The number of ketones is 1. The molecular weight excluding hydrogens is 275 g/mol. The first kappa shape index (κ1) is 14.2. The van der Waals surface area contributed by atoms with Crippen LogP contribution >= 0.6 is 0 Å². The van der Waals surface area contributed by atoms with Gasteiger partial charge in [0.25, 0.3) is 0 Å². The summed E-state index contributed by atoms with van der Waals surface area (Å²) in [5.41, 5.74) is -0.925. The number of carbonyl (C=O) groups is 2. The fraction of sp³-hybridized carbons (Fsp3) is 0.308. The van der Waals surface area contributed by atoms with Crippen molar-refractivity contribution in [2.75, 3.05) is 7.11 Å². The molecule has 1 aliphatic carbocycles. The normalized spacial score (nSPS) is 22.2. The lowest BCUT2D eigenvalue weighted by Gasteiger charge is -2.27. The molecule has 20 heavy (non-hydrogen) atoms. The van der Waals surface area contributed by atoms with E-state index in [1.54, 1.807) is 0 Å². The van der Waals surface area contributed by atoms with Crippen LogP contribution in [0.4, 0.5) is 13.2 Å². The van der Waals surface area contributed by atoms with Gasteiger partial charge in [0, 0.05) is 11.6 Å². The van der Waals surface area contributed by atoms with Gasteiger partial charge in [-0.1, -0.05) is 12.2 Å². The van der Waals surface area contributed by atoms with Crippen molar-refractivity contribution in [2.24, 2.45) is 10.9 Å². The Bertz CT molecular complexity index is 609. The molecule has 2 aliphatic rings. The summed E-state index contributed by atoms with van der Waals surface area (Å²) in [4.78, 5) is 27.1. The van der Waals surface area contributed by atoms with Gasteiger partial charge in [-0.2, -0.15) is 13.2 Å². The summed E-state index contributed by atoms with van der Waals surface area (Å²) >= 11 is 0. The number of esters is 1. The largest absolute Gasteiger partial charge is 0.464 e. The first-order valence-corrected chi connectivity index (χ1v) is 5.64. The van der Waals surface area contributed by atoms with Gasteiger partial charge in [-0.15, -0.1) is 0 Å². The minimum absolute atomic E-state index is 0.0623. The van der Waals surface area contributed by atoms with E-state index < -0.39 is 29.4 Å². The molecule has 0 amide bonds. The number of alkyl halides is 3. The van der Waals surface area contributed by atoms with Gasteiger partial charge in [-0.25, -0.2) is 9.79 Å². The molecule has 0 aromatic rings. The summed E-state index contributed by atoms with van der Waals surface area (Å²) in [6, 6.07) is 0. The highest BCUT2D eigenvalue weighted by Gasteiger charge is 2.46. The van der Waals surface area contributed by atoms with Crippen molar-refractivity contribution in [3.8, 4) is 0 Å². The Hall–Kier alpha value is -2.18. The standard InChI is InChI=1S/C13H10F3NO3/c1-6-3-4-7(13(14,15)16)10-9(18)5-8(12(19)20-2)17-11(6)10/h3-5,10H,1-2H3. The van der Waals surface area contributed by atoms with E-state index in [9.17, 15) is 22.8 Å². The van der Waals surface area contributed by atoms with E-state index in [0.717, 1.165) is 19.3 Å². The highest BCUT2D eigenvalue weighted by atomic mass is 19.4. The lowest BCUT2D eigenvalue weighted by atomic mass is 9.80. The van der Waals surface area contributed by atoms with Crippen molar-refractivity contribution in [1.82, 2.24) is 0 Å². The zero-order valence-electron chi connectivity index (χ0n) is 10.6. The van der Waals surface area contributed by atoms with E-state index in [1.807, 2.05) is 0 Å². The number of nitrogens with zero attached hydrogens (tertiary/aromatic N) is 1. The predicted octanol–water partition coefficient (Wildman–Crippen LogP) is 2.13. The summed E-state index contributed by atoms with van der Waals surface area (Å²) in [7, 11) is 1.10. The number of carbonyl (C=O) groups excluding carboxylic acids is 2. The smallest absolute Gasteiger partial charge is 0.413 e. The summed E-state index contributed by atoms with van der Waals surface area (Å²) < 4.78 is 43.2. The quantitative estimate of drug-likeness (QED) is 0.693. The Labute approximate surface area is 112 Å². The van der Waals surface area contributed by atoms with E-state index in [0.29, 0.717) is 5.57 Å². The Balaban J connectivity index is 2.52. The minimum atomic E-state index is -4.63. The monoisotopic (exact) mass is 285 g/mol. The lowest BCUT2D eigenvalue weighted by Crippen LogP contribution is -2.36. The molecule has 0 N–H and O–H groups in total. The van der Waals surface area contributed by atoms with Crippen LogP contribution in [0.5, 0.6) is 0 Å². The van der Waals surface area contributed by atoms with Gasteiger partial charge in [0.1, 0.15) is 0 Å². The zero-order chi connectivity index (χ0) is 15.1. The van der Waals surface area contributed by atoms with Crippen LogP contribution in [-0.2, 0) is 14.3 Å². The molecule has 106 valence electrons. The van der Waals surface area contributed by atoms with Gasteiger partial charge < -0.3 is 4.74 Å². The molecular formula is C13H10F3NO3. The number of rotatable bonds is 1. The molecule has 1 unspecified atom stereocenters. The van der Waals surface area contributed by atoms with Gasteiger partial charge >= 0.3 is 12.1 Å². The number of hydrogen-bond acceptors (Lipinski definition) is 4. The summed E-state index contributed by atoms with van der Waals surface area (Å²) in [5, 5.41) is 0. The van der Waals surface area contributed by atoms with E-state index in [2.05, 4.69) is 9.73 Å². The van der Waals surface area contributed by atoms with Crippen LogP contribution in [0.2, 0.25) is 0 Å². The van der Waals surface area contributed by atoms with E-state index in [-0.39, 0.29) is 11.4 Å². The Morgan fingerprint density at radius 3 is 2.55 bits per heavy atom. The fourth-order valence-electron chi connectivity index (χ4n) is 2.06. The molecule has 0 fully saturated rings. The predicted molar refractivity (Wildman–Crippen MR) is 63.9 cm³/mol. The average Bonchev–Trinajstić information content (AvgIpc) is 2.37. The van der Waals surface area contributed by atoms with Crippen LogP contribution in [0, 0.1) is 5.92 Å². The Morgan fingerprint density at radius 2 is 2.00 bits per heavy atom. The number of fused-ring (bicyclic) bond motifs is 1. The summed E-state index contributed by atoms with van der Waals surface area (Å²) in [6.07, 6.45) is -1.74. The molecule has 4 nitrogen and oxygen atoms in total. The van der Waals surface area contributed by atoms with Gasteiger partial charge in [0.15, 0.2) is 11.5 Å². The maximum absolute atomic E-state index is 12.9. The Kier molecular flexibility index (Phi) is 3.37. The SMILES string of the molecule is COC(=O)C1=CC(=O)C2C(C(F)(F)F)=CC=C(C)C2=N1. The van der Waals surface area contributed by atoms with Crippen LogP contribution in [0.25, 0.3) is 0 Å². The maximum Gasteiger partial charge on any atom is 0.413 e. The molecule has 0 aromatic heterocycles. The first-order valence-electron chi connectivity index (χ1n) is 5.64. The Morgan fingerprint density at radius 1 is 1.35 bits per heavy atom. The first-order chi connectivity index (χ1) is 9.25. The van der Waals surface area contributed by atoms with Crippen LogP contribution in [0.3, 0.4) is 0 Å². The highest BCUT2D eigenvalue weighted by Crippen LogP contribution is 2.38. The van der Waals surface area contributed by atoms with E-state index in [4.69, 9.17) is 0 Å². The van der Waals surface area contributed by atoms with Crippen molar-refractivity contribution in [3.05, 3.63) is 35.1 Å². The number of allylic oxidation sites excluding steroid dienone is 5. The third kappa shape index (κ3) is 2.31. The molecule has 0 bridgehead atoms. The van der Waals surface area contributed by atoms with Gasteiger partial charge in [0.05, 0.1) is 18.7 Å². The van der Waals surface area contributed by atoms with Crippen LogP contribution in [0.15, 0.2) is 40.1 Å². The van der Waals surface area contributed by atoms with Crippen molar-refractivity contribution in [1.29, 1.82) is 0 Å². The fourth-order valence-corrected chi connectivity index (χ4v) is 2.06. The molecule has 0 saturated carbocycles. The molecule has 0 spiro atoms. The van der Waals surface area contributed by atoms with E-state index >= 15 is 0 Å². The number of aliphatic imine (C=N–C) groups is 1. The molecule has 0 radical (unpaired) electrons. The third-order valence-corrected chi connectivity index (χ3v) is 3.03. The van der Waals surface area contributed by atoms with Crippen LogP contribution in [0.1, 0.15) is 6.92 Å². The lowest BCUT2D eigenvalue weighted by molar-refractivity contribution is -0.136. The van der Waals surface area contributed by atoms with E-state index in [1.165, 1.54) is 13.0 Å². The molecule has 1 atom stereocenters. The van der Waals surface area contributed by atoms with Crippen molar-refractivity contribution >= 4 is 17.5 Å². The maximum atomic E-state index is 12.9. The molecule has 1 aliphatic heterocycles. The van der Waals surface area contributed by atoms with Crippen LogP contribution in [-0.4, -0.2) is 30.8 Å². The topological polar surface area (TPSA) is 55.7 Å². The van der Waals surface area contributed by atoms with Gasteiger partial charge in [0.2, 0.25) is 0 Å². The second kappa shape index (κ2) is 4.73. The van der Waals surface area contributed by atoms with Gasteiger partial charge in [-0.05, 0) is 12.5 Å². The molecule has 7 heteroatoms. The highest BCUT2D eigenvalue weighted by molar-refractivity contribution is 6.23. The van der Waals surface area contributed by atoms with Gasteiger partial charge in [-0.3, -0.25) is 4.79 Å². The number of hydrogen-bond donors (Lipinski definition) is 0. The van der Waals surface area contributed by atoms with Crippen molar-refractivity contribution < 1.29 is 27.5 Å². The molecule has 1 heterocycles. The zero-order valence-corrected chi connectivity index (χ0v) is 10.6. The molecule has 0 saturated heterocycles. The average molecular weight is 285 g/mol. The van der Waals surface area contributed by atoms with Crippen molar-refractivity contribution in [2.45, 2.75) is 13.1 Å². The number of ether oxygens (including phenoxy) is 1. The van der Waals surface area contributed by atoms with Crippen LogP contribution < -0.4 is 0 Å².